The van der Waals surface area contributed by atoms with Gasteiger partial charge in [0.1, 0.15) is 5.75 Å². The average molecular weight is 373 g/mol. The van der Waals surface area contributed by atoms with Crippen molar-refractivity contribution in [3.63, 3.8) is 0 Å². The third-order valence-corrected chi connectivity index (χ3v) is 7.67. The zero-order chi connectivity index (χ0) is 17.6. The number of hydrogen-bond acceptors (Lipinski definition) is 5. The normalized spacial score (nSPS) is 17.3. The van der Waals surface area contributed by atoms with Gasteiger partial charge in [-0.1, -0.05) is 26.7 Å². The van der Waals surface area contributed by atoms with Crippen molar-refractivity contribution in [1.82, 2.24) is 10.2 Å². The maximum Gasteiger partial charge on any atom is 0.235 e. The molecule has 0 saturated heterocycles. The Morgan fingerprint density at radius 2 is 2.00 bits per heavy atom. The highest BCUT2D eigenvalue weighted by atomic mass is 32.2. The van der Waals surface area contributed by atoms with E-state index in [1.807, 2.05) is 5.38 Å². The zero-order valence-electron chi connectivity index (χ0n) is 14.5. The fourth-order valence-electron chi connectivity index (χ4n) is 3.40. The molecule has 1 saturated carbocycles. The van der Waals surface area contributed by atoms with Gasteiger partial charge in [0.25, 0.3) is 0 Å². The van der Waals surface area contributed by atoms with Crippen LogP contribution in [-0.2, 0) is 14.6 Å². The summed E-state index contributed by atoms with van der Waals surface area (Å²) in [6, 6.07) is 2.15. The van der Waals surface area contributed by atoms with Crippen LogP contribution in [0.3, 0.4) is 0 Å². The zero-order valence-corrected chi connectivity index (χ0v) is 16.2. The summed E-state index contributed by atoms with van der Waals surface area (Å²) in [7, 11) is -3.32. The standard InChI is InChI=1S/C17H28N2O3S2/c1-3-19(4-2)16(14-9-10-23-12-14)11-18-17(20)13-24(21,22)15-7-5-6-8-15/h9-10,12,15-16H,3-8,11,13H2,1-2H3,(H,18,20). The maximum absolute atomic E-state index is 12.3. The second kappa shape index (κ2) is 8.97. The van der Waals surface area contributed by atoms with Gasteiger partial charge in [-0.25, -0.2) is 8.42 Å². The fraction of sp³-hybridized carbons (Fsp3) is 0.706. The van der Waals surface area contributed by atoms with E-state index in [1.165, 1.54) is 5.56 Å². The molecule has 0 bridgehead atoms. The smallest absolute Gasteiger partial charge is 0.235 e. The summed E-state index contributed by atoms with van der Waals surface area (Å²) >= 11 is 1.63. The van der Waals surface area contributed by atoms with Gasteiger partial charge in [0, 0.05) is 6.54 Å². The van der Waals surface area contributed by atoms with Gasteiger partial charge in [-0.15, -0.1) is 0 Å². The van der Waals surface area contributed by atoms with E-state index in [1.54, 1.807) is 11.3 Å². The summed E-state index contributed by atoms with van der Waals surface area (Å²) in [5.41, 5.74) is 1.17. The molecule has 1 unspecified atom stereocenters. The van der Waals surface area contributed by atoms with E-state index in [9.17, 15) is 13.2 Å². The number of thiophene rings is 1. The molecule has 1 aromatic rings. The molecule has 1 amide bonds. The number of nitrogens with one attached hydrogen (secondary N) is 1. The molecule has 1 fully saturated rings. The van der Waals surface area contributed by atoms with Crippen molar-refractivity contribution in [2.45, 2.75) is 50.8 Å². The molecular weight excluding hydrogens is 344 g/mol. The molecule has 1 aliphatic rings. The van der Waals surface area contributed by atoms with Crippen LogP contribution >= 0.6 is 11.3 Å². The van der Waals surface area contributed by atoms with Crippen LogP contribution in [0, 0.1) is 0 Å². The second-order valence-corrected chi connectivity index (χ2v) is 9.37. The summed E-state index contributed by atoms with van der Waals surface area (Å²) < 4.78 is 24.6. The molecule has 0 radical (unpaired) electrons. The summed E-state index contributed by atoms with van der Waals surface area (Å²) in [4.78, 5) is 14.5. The van der Waals surface area contributed by atoms with Crippen molar-refractivity contribution >= 4 is 27.1 Å². The van der Waals surface area contributed by atoms with Crippen LogP contribution in [0.15, 0.2) is 16.8 Å². The Balaban J connectivity index is 1.94. The van der Waals surface area contributed by atoms with Gasteiger partial charge in [-0.05, 0) is 48.3 Å². The summed E-state index contributed by atoms with van der Waals surface area (Å²) in [5, 5.41) is 6.64. The van der Waals surface area contributed by atoms with Crippen LogP contribution < -0.4 is 5.32 Å². The Hall–Kier alpha value is -0.920. The largest absolute Gasteiger partial charge is 0.353 e. The minimum Gasteiger partial charge on any atom is -0.353 e. The molecule has 7 heteroatoms. The van der Waals surface area contributed by atoms with E-state index in [0.29, 0.717) is 19.4 Å². The lowest BCUT2D eigenvalue weighted by Crippen LogP contribution is -2.40. The molecule has 1 aliphatic carbocycles. The Morgan fingerprint density at radius 3 is 2.54 bits per heavy atom. The quantitative estimate of drug-likeness (QED) is 0.724. The lowest BCUT2D eigenvalue weighted by atomic mass is 10.1. The first kappa shape index (κ1) is 19.4. The predicted molar refractivity (Wildman–Crippen MR) is 99.0 cm³/mol. The van der Waals surface area contributed by atoms with Gasteiger partial charge < -0.3 is 5.32 Å². The number of likely N-dealkylation sites (N-methyl/N-ethyl adjacent to an activating group) is 1. The van der Waals surface area contributed by atoms with Crippen LogP contribution in [0.25, 0.3) is 0 Å². The first-order valence-corrected chi connectivity index (χ1v) is 11.4. The molecule has 1 atom stereocenters. The number of nitrogens with zero attached hydrogens (tertiary/aromatic N) is 1. The van der Waals surface area contributed by atoms with Gasteiger partial charge in [0.15, 0.2) is 9.84 Å². The van der Waals surface area contributed by atoms with Gasteiger partial charge in [0.05, 0.1) is 11.3 Å². The van der Waals surface area contributed by atoms with Crippen molar-refractivity contribution in [3.05, 3.63) is 22.4 Å². The SMILES string of the molecule is CCN(CC)C(CNC(=O)CS(=O)(=O)C1CCCC1)c1ccsc1. The van der Waals surface area contributed by atoms with Crippen molar-refractivity contribution < 1.29 is 13.2 Å². The third-order valence-electron chi connectivity index (χ3n) is 4.82. The Labute approximate surface area is 149 Å². The van der Waals surface area contributed by atoms with Crippen LogP contribution in [-0.4, -0.2) is 49.9 Å². The molecule has 0 aliphatic heterocycles. The van der Waals surface area contributed by atoms with E-state index in [2.05, 4.69) is 35.5 Å². The molecule has 1 heterocycles. The van der Waals surface area contributed by atoms with Crippen molar-refractivity contribution in [1.29, 1.82) is 0 Å². The fourth-order valence-corrected chi connectivity index (χ4v) is 5.86. The molecule has 0 aromatic carbocycles. The Morgan fingerprint density at radius 1 is 1.33 bits per heavy atom. The molecule has 0 spiro atoms. The lowest BCUT2D eigenvalue weighted by Gasteiger charge is -2.29. The lowest BCUT2D eigenvalue weighted by molar-refractivity contribution is -0.118. The molecule has 5 nitrogen and oxygen atoms in total. The van der Waals surface area contributed by atoms with Crippen molar-refractivity contribution in [3.8, 4) is 0 Å². The predicted octanol–water partition coefficient (Wildman–Crippen LogP) is 2.60. The molecular formula is C17H28N2O3S2. The van der Waals surface area contributed by atoms with Gasteiger partial charge in [0.2, 0.25) is 5.91 Å². The number of hydrogen-bond donors (Lipinski definition) is 1. The number of sulfone groups is 1. The summed E-state index contributed by atoms with van der Waals surface area (Å²) in [5.74, 6) is -0.763. The molecule has 2 rings (SSSR count). The van der Waals surface area contributed by atoms with Crippen LogP contribution in [0.4, 0.5) is 0 Å². The maximum atomic E-state index is 12.3. The van der Waals surface area contributed by atoms with Gasteiger partial charge >= 0.3 is 0 Å². The number of amides is 1. The third kappa shape index (κ3) is 5.04. The number of rotatable bonds is 9. The minimum absolute atomic E-state index is 0.0874. The highest BCUT2D eigenvalue weighted by Gasteiger charge is 2.31. The highest BCUT2D eigenvalue weighted by Crippen LogP contribution is 2.25. The van der Waals surface area contributed by atoms with Crippen molar-refractivity contribution in [2.24, 2.45) is 0 Å². The second-order valence-electron chi connectivity index (χ2n) is 6.31. The Kier molecular flexibility index (Phi) is 7.25. The van der Waals surface area contributed by atoms with Crippen LogP contribution in [0.2, 0.25) is 0 Å². The molecule has 136 valence electrons. The number of carbonyl (C=O) groups is 1. The average Bonchev–Trinajstić information content (AvgIpc) is 3.24. The monoisotopic (exact) mass is 372 g/mol. The molecule has 1 aromatic heterocycles. The summed E-state index contributed by atoms with van der Waals surface area (Å²) in [6.07, 6.45) is 3.31. The van der Waals surface area contributed by atoms with E-state index >= 15 is 0 Å². The summed E-state index contributed by atoms with van der Waals surface area (Å²) in [6.45, 7) is 6.39. The Bertz CT molecular complexity index is 604. The number of carbonyl (C=O) groups excluding carboxylic acids is 1. The van der Waals surface area contributed by atoms with Gasteiger partial charge in [-0.3, -0.25) is 9.69 Å². The topological polar surface area (TPSA) is 66.5 Å². The molecule has 1 N–H and O–H groups in total. The van der Waals surface area contributed by atoms with Crippen molar-refractivity contribution in [2.75, 3.05) is 25.4 Å². The van der Waals surface area contributed by atoms with E-state index in [4.69, 9.17) is 0 Å². The first-order chi connectivity index (χ1) is 11.5. The van der Waals surface area contributed by atoms with Gasteiger partial charge in [-0.2, -0.15) is 11.3 Å². The minimum atomic E-state index is -3.32. The highest BCUT2D eigenvalue weighted by molar-refractivity contribution is 7.92. The van der Waals surface area contributed by atoms with E-state index < -0.39 is 9.84 Å². The van der Waals surface area contributed by atoms with E-state index in [0.717, 1.165) is 25.9 Å². The first-order valence-electron chi connectivity index (χ1n) is 8.72. The van der Waals surface area contributed by atoms with Crippen LogP contribution in [0.1, 0.15) is 51.1 Å². The van der Waals surface area contributed by atoms with Crippen LogP contribution in [0.5, 0.6) is 0 Å². The molecule has 24 heavy (non-hydrogen) atoms. The van der Waals surface area contributed by atoms with E-state index in [-0.39, 0.29) is 23.0 Å².